The van der Waals surface area contributed by atoms with E-state index in [1.165, 1.54) is 17.0 Å². The van der Waals surface area contributed by atoms with Gasteiger partial charge < -0.3 is 15.0 Å². The van der Waals surface area contributed by atoms with E-state index in [4.69, 9.17) is 4.74 Å². The fraction of sp³-hybridized carbons (Fsp3) is 0.556. The Balaban J connectivity index is 2.11. The van der Waals surface area contributed by atoms with E-state index in [2.05, 4.69) is 5.32 Å². The van der Waals surface area contributed by atoms with Gasteiger partial charge in [-0.3, -0.25) is 4.79 Å². The van der Waals surface area contributed by atoms with E-state index in [1.54, 1.807) is 32.9 Å². The highest BCUT2D eigenvalue weighted by molar-refractivity contribution is 5.86. The Bertz CT molecular complexity index is 614. The summed E-state index contributed by atoms with van der Waals surface area (Å²) in [5.74, 6) is -0.748. The van der Waals surface area contributed by atoms with Crippen molar-refractivity contribution in [3.05, 3.63) is 35.6 Å². The number of likely N-dealkylation sites (tertiary alicyclic amines) is 1. The Morgan fingerprint density at radius 1 is 1.32 bits per heavy atom. The van der Waals surface area contributed by atoms with Crippen LogP contribution in [-0.4, -0.2) is 47.8 Å². The molecule has 1 aromatic rings. The van der Waals surface area contributed by atoms with E-state index in [0.29, 0.717) is 18.5 Å². The number of alkyl carbamates (subject to hydrolysis) is 1. The number of ether oxygens (including phenoxy) is 1. The molecular formula is C18H24F2N2O3. The average molecular weight is 354 g/mol. The molecule has 1 aliphatic heterocycles. The molecule has 1 aliphatic rings. The average Bonchev–Trinajstić information content (AvgIpc) is 2.92. The van der Waals surface area contributed by atoms with Crippen LogP contribution in [0.4, 0.5) is 13.6 Å². The molecule has 1 N–H and O–H groups in total. The highest BCUT2D eigenvalue weighted by Gasteiger charge is 2.32. The first kappa shape index (κ1) is 19.1. The molecule has 5 nitrogen and oxygen atoms in total. The van der Waals surface area contributed by atoms with Crippen LogP contribution in [0.2, 0.25) is 0 Å². The van der Waals surface area contributed by atoms with Crippen LogP contribution < -0.4 is 5.32 Å². The molecule has 2 rings (SSSR count). The Kier molecular flexibility index (Phi) is 5.98. The summed E-state index contributed by atoms with van der Waals surface area (Å²) in [5.41, 5.74) is -0.0163. The first-order valence-corrected chi connectivity index (χ1v) is 8.31. The lowest BCUT2D eigenvalue weighted by Gasteiger charge is -2.26. The van der Waals surface area contributed by atoms with Crippen molar-refractivity contribution in [2.75, 3.05) is 13.1 Å². The maximum Gasteiger partial charge on any atom is 0.408 e. The number of nitrogens with one attached hydrogen (secondary N) is 1. The number of carbonyl (C=O) groups excluding carboxylic acids is 2. The van der Waals surface area contributed by atoms with E-state index in [0.717, 1.165) is 0 Å². The van der Waals surface area contributed by atoms with Crippen molar-refractivity contribution in [1.29, 1.82) is 0 Å². The number of amides is 2. The SMILES string of the molecule is CC(C)(C)OC(=O)N[C@H](Cc1ccc(F)cc1)C(=O)N1CC[C@H](F)C1. The highest BCUT2D eigenvalue weighted by Crippen LogP contribution is 2.16. The zero-order valence-corrected chi connectivity index (χ0v) is 14.7. The molecule has 0 aliphatic carbocycles. The molecule has 0 bridgehead atoms. The fourth-order valence-corrected chi connectivity index (χ4v) is 2.64. The van der Waals surface area contributed by atoms with Gasteiger partial charge in [0.05, 0.1) is 6.54 Å². The van der Waals surface area contributed by atoms with Gasteiger partial charge in [-0.25, -0.2) is 13.6 Å². The number of benzene rings is 1. The van der Waals surface area contributed by atoms with Gasteiger partial charge in [0.25, 0.3) is 0 Å². The van der Waals surface area contributed by atoms with Crippen molar-refractivity contribution >= 4 is 12.0 Å². The van der Waals surface area contributed by atoms with Crippen LogP contribution in [0, 0.1) is 5.82 Å². The molecular weight excluding hydrogens is 330 g/mol. The Hall–Kier alpha value is -2.18. The number of hydrogen-bond donors (Lipinski definition) is 1. The lowest BCUT2D eigenvalue weighted by molar-refractivity contribution is -0.132. The van der Waals surface area contributed by atoms with Gasteiger partial charge in [0, 0.05) is 13.0 Å². The molecule has 1 saturated heterocycles. The lowest BCUT2D eigenvalue weighted by Crippen LogP contribution is -2.50. The van der Waals surface area contributed by atoms with E-state index in [9.17, 15) is 18.4 Å². The molecule has 0 unspecified atom stereocenters. The van der Waals surface area contributed by atoms with Gasteiger partial charge in [-0.2, -0.15) is 0 Å². The minimum Gasteiger partial charge on any atom is -0.444 e. The number of hydrogen-bond acceptors (Lipinski definition) is 3. The quantitative estimate of drug-likeness (QED) is 0.905. The molecule has 0 radical (unpaired) electrons. The molecule has 25 heavy (non-hydrogen) atoms. The van der Waals surface area contributed by atoms with E-state index in [-0.39, 0.29) is 24.7 Å². The lowest BCUT2D eigenvalue weighted by atomic mass is 10.0. The van der Waals surface area contributed by atoms with Crippen molar-refractivity contribution in [3.63, 3.8) is 0 Å². The topological polar surface area (TPSA) is 58.6 Å². The summed E-state index contributed by atoms with van der Waals surface area (Å²) < 4.78 is 31.7. The van der Waals surface area contributed by atoms with Crippen molar-refractivity contribution in [1.82, 2.24) is 10.2 Å². The predicted octanol–water partition coefficient (Wildman–Crippen LogP) is 2.83. The molecule has 138 valence electrons. The van der Waals surface area contributed by atoms with E-state index >= 15 is 0 Å². The van der Waals surface area contributed by atoms with Crippen LogP contribution in [0.15, 0.2) is 24.3 Å². The zero-order chi connectivity index (χ0) is 18.6. The van der Waals surface area contributed by atoms with Crippen LogP contribution in [0.25, 0.3) is 0 Å². The number of alkyl halides is 1. The molecule has 2 amide bonds. The Labute approximate surface area is 146 Å². The fourth-order valence-electron chi connectivity index (χ4n) is 2.64. The highest BCUT2D eigenvalue weighted by atomic mass is 19.1. The second-order valence-electron chi connectivity index (χ2n) is 7.20. The molecule has 2 atom stereocenters. The van der Waals surface area contributed by atoms with Gasteiger partial charge in [-0.1, -0.05) is 12.1 Å². The molecule has 0 spiro atoms. The summed E-state index contributed by atoms with van der Waals surface area (Å²) in [4.78, 5) is 26.1. The van der Waals surface area contributed by atoms with Crippen LogP contribution >= 0.6 is 0 Å². The van der Waals surface area contributed by atoms with Crippen molar-refractivity contribution in [3.8, 4) is 0 Å². The third kappa shape index (κ3) is 5.99. The molecule has 7 heteroatoms. The third-order valence-corrected chi connectivity index (χ3v) is 3.78. The summed E-state index contributed by atoms with van der Waals surface area (Å²) in [6, 6.07) is 4.78. The van der Waals surface area contributed by atoms with Crippen molar-refractivity contribution in [2.24, 2.45) is 0 Å². The standard InChI is InChI=1S/C18H24F2N2O3/c1-18(2,3)25-17(24)21-15(10-12-4-6-13(19)7-5-12)16(23)22-9-8-14(20)11-22/h4-7,14-15H,8-11H2,1-3H3,(H,21,24)/t14-,15+/m0/s1. The number of carbonyl (C=O) groups is 2. The van der Waals surface area contributed by atoms with Gasteiger partial charge in [0.1, 0.15) is 23.6 Å². The minimum atomic E-state index is -1.04. The van der Waals surface area contributed by atoms with Crippen molar-refractivity contribution < 1.29 is 23.1 Å². The van der Waals surface area contributed by atoms with Gasteiger partial charge >= 0.3 is 6.09 Å². The maximum atomic E-state index is 13.4. The molecule has 1 fully saturated rings. The first-order valence-electron chi connectivity index (χ1n) is 8.31. The molecule has 0 aromatic heterocycles. The number of nitrogens with zero attached hydrogens (tertiary/aromatic N) is 1. The first-order chi connectivity index (χ1) is 11.6. The van der Waals surface area contributed by atoms with Gasteiger partial charge in [0.15, 0.2) is 0 Å². The number of rotatable bonds is 4. The molecule has 1 heterocycles. The van der Waals surface area contributed by atoms with Crippen LogP contribution in [0.5, 0.6) is 0 Å². The van der Waals surface area contributed by atoms with Gasteiger partial charge in [-0.05, 0) is 44.9 Å². The summed E-state index contributed by atoms with van der Waals surface area (Å²) in [6.45, 7) is 5.50. The smallest absolute Gasteiger partial charge is 0.408 e. The summed E-state index contributed by atoms with van der Waals surface area (Å²) in [5, 5.41) is 2.56. The monoisotopic (exact) mass is 354 g/mol. The normalized spacial score (nSPS) is 18.8. The largest absolute Gasteiger partial charge is 0.444 e. The molecule has 0 saturated carbocycles. The van der Waals surface area contributed by atoms with Gasteiger partial charge in [-0.15, -0.1) is 0 Å². The Morgan fingerprint density at radius 2 is 1.96 bits per heavy atom. The summed E-state index contributed by atoms with van der Waals surface area (Å²) in [6.07, 6.45) is -1.30. The molecule has 1 aromatic carbocycles. The summed E-state index contributed by atoms with van der Waals surface area (Å²) in [7, 11) is 0. The van der Waals surface area contributed by atoms with E-state index < -0.39 is 23.9 Å². The summed E-state index contributed by atoms with van der Waals surface area (Å²) >= 11 is 0. The second-order valence-corrected chi connectivity index (χ2v) is 7.20. The minimum absolute atomic E-state index is 0.0226. The van der Waals surface area contributed by atoms with Crippen molar-refractivity contribution in [2.45, 2.75) is 51.4 Å². The maximum absolute atomic E-state index is 13.4. The van der Waals surface area contributed by atoms with Crippen LogP contribution in [-0.2, 0) is 16.0 Å². The number of halogens is 2. The third-order valence-electron chi connectivity index (χ3n) is 3.78. The second kappa shape index (κ2) is 7.80. The van der Waals surface area contributed by atoms with Crippen LogP contribution in [0.1, 0.15) is 32.8 Å². The van der Waals surface area contributed by atoms with Crippen LogP contribution in [0.3, 0.4) is 0 Å². The Morgan fingerprint density at radius 3 is 2.48 bits per heavy atom. The zero-order valence-electron chi connectivity index (χ0n) is 14.7. The van der Waals surface area contributed by atoms with E-state index in [1.807, 2.05) is 0 Å². The predicted molar refractivity (Wildman–Crippen MR) is 89.4 cm³/mol. The van der Waals surface area contributed by atoms with Gasteiger partial charge in [0.2, 0.25) is 5.91 Å².